The summed E-state index contributed by atoms with van der Waals surface area (Å²) < 4.78 is 21.7. The molecule has 0 amide bonds. The van der Waals surface area contributed by atoms with Gasteiger partial charge in [0, 0.05) is 11.6 Å². The summed E-state index contributed by atoms with van der Waals surface area (Å²) in [6.45, 7) is 1.88. The third-order valence-corrected chi connectivity index (χ3v) is 3.99. The van der Waals surface area contributed by atoms with E-state index in [9.17, 15) is 0 Å². The van der Waals surface area contributed by atoms with Gasteiger partial charge in [-0.1, -0.05) is 22.0 Å². The molecule has 0 aliphatic carbocycles. The molecule has 2 rings (SSSR count). The number of benzene rings is 1. The Morgan fingerprint density at radius 3 is 2.72 bits per heavy atom. The number of rotatable bonds is 4. The second-order valence-corrected chi connectivity index (χ2v) is 4.98. The van der Waals surface area contributed by atoms with Crippen LogP contribution in [0.1, 0.15) is 10.4 Å². The molecule has 1 fully saturated rings. The van der Waals surface area contributed by atoms with E-state index in [1.165, 1.54) is 0 Å². The smallest absolute Gasteiger partial charge is 0.126 e. The summed E-state index contributed by atoms with van der Waals surface area (Å²) in [6.07, 6.45) is 0.000967. The molecule has 1 saturated heterocycles. The number of hydrogen-bond acceptors (Lipinski definition) is 4. The van der Waals surface area contributed by atoms with Crippen LogP contribution in [0.2, 0.25) is 0 Å². The van der Waals surface area contributed by atoms with E-state index in [-0.39, 0.29) is 10.9 Å². The van der Waals surface area contributed by atoms with Crippen molar-refractivity contribution in [2.45, 2.75) is 10.9 Å². The summed E-state index contributed by atoms with van der Waals surface area (Å²) in [4.78, 5) is 0.0404. The quantitative estimate of drug-likeness (QED) is 0.800. The Balaban J connectivity index is 2.20. The summed E-state index contributed by atoms with van der Waals surface area (Å²) in [5.74, 6) is 1.56. The summed E-state index contributed by atoms with van der Waals surface area (Å²) >= 11 is 3.66. The van der Waals surface area contributed by atoms with Crippen LogP contribution in [0.3, 0.4) is 0 Å². The van der Waals surface area contributed by atoms with Crippen LogP contribution in [-0.2, 0) is 9.47 Å². The zero-order valence-corrected chi connectivity index (χ0v) is 12.1. The van der Waals surface area contributed by atoms with Crippen LogP contribution in [0.15, 0.2) is 18.2 Å². The highest BCUT2D eigenvalue weighted by atomic mass is 79.9. The lowest BCUT2D eigenvalue weighted by molar-refractivity contribution is -0.0877. The van der Waals surface area contributed by atoms with Crippen molar-refractivity contribution < 1.29 is 18.9 Å². The Hall–Kier alpha value is -0.780. The van der Waals surface area contributed by atoms with E-state index in [0.717, 1.165) is 17.1 Å². The standard InChI is InChI=1S/C13H17BrO4/c1-15-9-3-4-10(11(7-9)16-2)13(14)12-8-17-5-6-18-12/h3-4,7,12-13H,5-6,8H2,1-2H3. The number of methoxy groups -OCH3 is 2. The normalized spacial score (nSPS) is 21.4. The highest BCUT2D eigenvalue weighted by molar-refractivity contribution is 9.09. The zero-order chi connectivity index (χ0) is 13.0. The molecule has 1 aromatic rings. The van der Waals surface area contributed by atoms with Crippen molar-refractivity contribution in [1.29, 1.82) is 0 Å². The Morgan fingerprint density at radius 1 is 1.28 bits per heavy atom. The molecule has 1 heterocycles. The average Bonchev–Trinajstić information content (AvgIpc) is 2.46. The maximum atomic E-state index is 5.69. The van der Waals surface area contributed by atoms with Gasteiger partial charge in [-0.2, -0.15) is 0 Å². The van der Waals surface area contributed by atoms with Gasteiger partial charge < -0.3 is 18.9 Å². The first-order valence-electron chi connectivity index (χ1n) is 5.81. The van der Waals surface area contributed by atoms with E-state index < -0.39 is 0 Å². The van der Waals surface area contributed by atoms with Gasteiger partial charge in [0.2, 0.25) is 0 Å². The van der Waals surface area contributed by atoms with E-state index in [1.807, 2.05) is 18.2 Å². The van der Waals surface area contributed by atoms with E-state index in [4.69, 9.17) is 18.9 Å². The minimum absolute atomic E-state index is 0.000967. The van der Waals surface area contributed by atoms with Gasteiger partial charge >= 0.3 is 0 Å². The molecule has 18 heavy (non-hydrogen) atoms. The maximum Gasteiger partial charge on any atom is 0.126 e. The third kappa shape index (κ3) is 2.96. The van der Waals surface area contributed by atoms with E-state index in [2.05, 4.69) is 15.9 Å². The van der Waals surface area contributed by atoms with E-state index in [0.29, 0.717) is 19.8 Å². The predicted molar refractivity (Wildman–Crippen MR) is 71.8 cm³/mol. The Morgan fingerprint density at radius 2 is 2.11 bits per heavy atom. The fourth-order valence-electron chi connectivity index (χ4n) is 1.92. The molecule has 0 bridgehead atoms. The minimum atomic E-state index is 0.000967. The molecular weight excluding hydrogens is 300 g/mol. The molecule has 100 valence electrons. The Bertz CT molecular complexity index is 391. The Labute approximate surface area is 115 Å². The van der Waals surface area contributed by atoms with Gasteiger partial charge in [-0.3, -0.25) is 0 Å². The van der Waals surface area contributed by atoms with Crippen LogP contribution >= 0.6 is 15.9 Å². The fraction of sp³-hybridized carbons (Fsp3) is 0.538. The van der Waals surface area contributed by atoms with Crippen molar-refractivity contribution in [1.82, 2.24) is 0 Å². The molecule has 5 heteroatoms. The highest BCUT2D eigenvalue weighted by Gasteiger charge is 2.26. The van der Waals surface area contributed by atoms with Crippen molar-refractivity contribution in [3.8, 4) is 11.5 Å². The largest absolute Gasteiger partial charge is 0.497 e. The summed E-state index contributed by atoms with van der Waals surface area (Å²) in [5.41, 5.74) is 1.04. The lowest BCUT2D eigenvalue weighted by atomic mass is 10.1. The first kappa shape index (κ1) is 13.6. The zero-order valence-electron chi connectivity index (χ0n) is 10.5. The molecule has 1 aliphatic rings. The number of alkyl halides is 1. The molecule has 0 N–H and O–H groups in total. The van der Waals surface area contributed by atoms with Crippen LogP contribution in [0.25, 0.3) is 0 Å². The molecule has 0 radical (unpaired) electrons. The second kappa shape index (κ2) is 6.41. The predicted octanol–water partition coefficient (Wildman–Crippen LogP) is 2.56. The maximum absolute atomic E-state index is 5.69. The summed E-state index contributed by atoms with van der Waals surface area (Å²) in [5, 5.41) is 0. The van der Waals surface area contributed by atoms with Gasteiger partial charge in [-0.15, -0.1) is 0 Å². The van der Waals surface area contributed by atoms with Gasteiger partial charge in [0.15, 0.2) is 0 Å². The van der Waals surface area contributed by atoms with Crippen LogP contribution in [0.5, 0.6) is 11.5 Å². The first-order valence-corrected chi connectivity index (χ1v) is 6.73. The SMILES string of the molecule is COc1ccc(C(Br)C2COCCO2)c(OC)c1. The van der Waals surface area contributed by atoms with Gasteiger partial charge in [-0.25, -0.2) is 0 Å². The van der Waals surface area contributed by atoms with Crippen LogP contribution in [-0.4, -0.2) is 40.1 Å². The molecule has 2 atom stereocenters. The lowest BCUT2D eigenvalue weighted by Crippen LogP contribution is -2.31. The van der Waals surface area contributed by atoms with Crippen molar-refractivity contribution in [2.75, 3.05) is 34.0 Å². The summed E-state index contributed by atoms with van der Waals surface area (Å²) in [6, 6.07) is 5.76. The molecule has 1 aromatic carbocycles. The molecule has 1 aliphatic heterocycles. The van der Waals surface area contributed by atoms with Crippen molar-refractivity contribution >= 4 is 15.9 Å². The number of halogens is 1. The van der Waals surface area contributed by atoms with E-state index >= 15 is 0 Å². The Kier molecular flexibility index (Phi) is 4.86. The van der Waals surface area contributed by atoms with Crippen LogP contribution in [0.4, 0.5) is 0 Å². The lowest BCUT2D eigenvalue weighted by Gasteiger charge is -2.28. The van der Waals surface area contributed by atoms with Crippen LogP contribution < -0.4 is 9.47 Å². The molecule has 2 unspecified atom stereocenters. The molecule has 0 saturated carbocycles. The third-order valence-electron chi connectivity index (χ3n) is 2.91. The van der Waals surface area contributed by atoms with Gasteiger partial charge in [0.1, 0.15) is 11.5 Å². The molecule has 0 spiro atoms. The van der Waals surface area contributed by atoms with E-state index in [1.54, 1.807) is 14.2 Å². The topological polar surface area (TPSA) is 36.9 Å². The number of ether oxygens (including phenoxy) is 4. The molecule has 4 nitrogen and oxygen atoms in total. The monoisotopic (exact) mass is 316 g/mol. The highest BCUT2D eigenvalue weighted by Crippen LogP contribution is 2.37. The van der Waals surface area contributed by atoms with Crippen molar-refractivity contribution in [2.24, 2.45) is 0 Å². The molecule has 0 aromatic heterocycles. The van der Waals surface area contributed by atoms with Crippen LogP contribution in [0, 0.1) is 0 Å². The summed E-state index contributed by atoms with van der Waals surface area (Å²) in [7, 11) is 3.29. The van der Waals surface area contributed by atoms with Gasteiger partial charge in [0.25, 0.3) is 0 Å². The fourth-order valence-corrected chi connectivity index (χ4v) is 2.60. The number of hydrogen-bond donors (Lipinski definition) is 0. The van der Waals surface area contributed by atoms with Crippen molar-refractivity contribution in [3.05, 3.63) is 23.8 Å². The first-order chi connectivity index (χ1) is 8.76. The minimum Gasteiger partial charge on any atom is -0.497 e. The second-order valence-electron chi connectivity index (χ2n) is 3.99. The van der Waals surface area contributed by atoms with Gasteiger partial charge in [0.05, 0.1) is 45.0 Å². The average molecular weight is 317 g/mol. The molecular formula is C13H17BrO4. The van der Waals surface area contributed by atoms with Gasteiger partial charge in [-0.05, 0) is 6.07 Å². The van der Waals surface area contributed by atoms with Crippen molar-refractivity contribution in [3.63, 3.8) is 0 Å².